The summed E-state index contributed by atoms with van der Waals surface area (Å²) in [6.45, 7) is 2.22. The van der Waals surface area contributed by atoms with Crippen LogP contribution in [0.1, 0.15) is 6.92 Å². The number of nitrogens with two attached hydrogens (primary N) is 1. The lowest BCUT2D eigenvalue weighted by Gasteiger charge is -2.11. The maximum Gasteiger partial charge on any atom is 0.213 e. The van der Waals surface area contributed by atoms with E-state index in [1.807, 2.05) is 0 Å². The second-order valence-corrected chi connectivity index (χ2v) is 6.28. The van der Waals surface area contributed by atoms with Gasteiger partial charge in [0.05, 0.1) is 15.8 Å². The summed E-state index contributed by atoms with van der Waals surface area (Å²) >= 11 is 11.8. The molecule has 0 spiro atoms. The Balaban J connectivity index is 2.68. The van der Waals surface area contributed by atoms with E-state index >= 15 is 0 Å². The molecular weight excluding hydrogens is 313 g/mol. The molecule has 0 unspecified atom stereocenters. The molecule has 0 saturated heterocycles. The number of nitrogens with one attached hydrogen (secondary N) is 3. The lowest BCUT2D eigenvalue weighted by atomic mass is 10.4. The summed E-state index contributed by atoms with van der Waals surface area (Å²) in [7, 11) is -3.29. The topological polar surface area (TPSA) is 109 Å². The van der Waals surface area contributed by atoms with Gasteiger partial charge in [-0.25, -0.2) is 24.0 Å². The van der Waals surface area contributed by atoms with E-state index in [1.165, 1.54) is 6.07 Å². The fourth-order valence-electron chi connectivity index (χ4n) is 1.29. The van der Waals surface area contributed by atoms with Crippen LogP contribution >= 0.6 is 23.2 Å². The third-order valence-corrected chi connectivity index (χ3v) is 4.14. The molecule has 0 fully saturated rings. The van der Waals surface area contributed by atoms with Gasteiger partial charge in [-0.3, -0.25) is 0 Å². The van der Waals surface area contributed by atoms with Crippen LogP contribution in [-0.2, 0) is 10.0 Å². The van der Waals surface area contributed by atoms with Gasteiger partial charge in [0.15, 0.2) is 5.82 Å². The number of aromatic nitrogens is 1. The van der Waals surface area contributed by atoms with Crippen molar-refractivity contribution in [3.63, 3.8) is 0 Å². The van der Waals surface area contributed by atoms with Crippen LogP contribution in [0.25, 0.3) is 0 Å². The van der Waals surface area contributed by atoms with Crippen molar-refractivity contribution >= 4 is 44.9 Å². The Hall–Kier alpha value is -0.800. The lowest BCUT2D eigenvalue weighted by molar-refractivity contribution is 0.584. The number of halogens is 2. The molecule has 5 N–H and O–H groups in total. The number of hydrogen-bond donors (Lipinski definition) is 4. The Morgan fingerprint density at radius 2 is 1.95 bits per heavy atom. The fraction of sp³-hybridized carbons (Fsp3) is 0.444. The Kier molecular flexibility index (Phi) is 6.08. The smallest absolute Gasteiger partial charge is 0.213 e. The summed E-state index contributed by atoms with van der Waals surface area (Å²) in [5.41, 5.74) is 2.32. The Morgan fingerprint density at radius 1 is 1.32 bits per heavy atom. The van der Waals surface area contributed by atoms with Gasteiger partial charge in [-0.05, 0) is 6.07 Å². The zero-order valence-corrected chi connectivity index (χ0v) is 12.5. The Morgan fingerprint density at radius 3 is 2.53 bits per heavy atom. The van der Waals surface area contributed by atoms with Gasteiger partial charge in [0.1, 0.15) is 5.82 Å². The van der Waals surface area contributed by atoms with Gasteiger partial charge in [-0.15, -0.1) is 0 Å². The highest BCUT2D eigenvalue weighted by Gasteiger charge is 2.11. The molecule has 1 rings (SSSR count). The predicted octanol–water partition coefficient (Wildman–Crippen LogP) is 1.03. The summed E-state index contributed by atoms with van der Waals surface area (Å²) in [5, 5.41) is 3.37. The predicted molar refractivity (Wildman–Crippen MR) is 78.0 cm³/mol. The largest absolute Gasteiger partial charge is 0.368 e. The molecule has 19 heavy (non-hydrogen) atoms. The summed E-state index contributed by atoms with van der Waals surface area (Å²) in [5.74, 6) is 5.71. The van der Waals surface area contributed by atoms with Gasteiger partial charge >= 0.3 is 0 Å². The molecule has 0 radical (unpaired) electrons. The minimum Gasteiger partial charge on any atom is -0.368 e. The molecule has 0 saturated carbocycles. The van der Waals surface area contributed by atoms with Crippen LogP contribution in [0, 0.1) is 0 Å². The minimum absolute atomic E-state index is 0.0904. The third kappa shape index (κ3) is 5.00. The van der Waals surface area contributed by atoms with Crippen molar-refractivity contribution in [1.29, 1.82) is 0 Å². The highest BCUT2D eigenvalue weighted by molar-refractivity contribution is 7.89. The Bertz CT molecular complexity index is 538. The van der Waals surface area contributed by atoms with Crippen molar-refractivity contribution < 1.29 is 8.42 Å². The van der Waals surface area contributed by atoms with E-state index in [9.17, 15) is 8.42 Å². The standard InChI is InChI=1S/C9H15Cl2N5O2S/c1-2-14-19(17,18)4-3-13-8-6(10)5-7(11)9(15-8)16-12/h5,14H,2-4,12H2,1H3,(H2,13,15,16). The number of rotatable bonds is 7. The summed E-state index contributed by atoms with van der Waals surface area (Å²) in [6.07, 6.45) is 0. The highest BCUT2D eigenvalue weighted by Crippen LogP contribution is 2.28. The van der Waals surface area contributed by atoms with Crippen LogP contribution in [0.4, 0.5) is 11.6 Å². The molecule has 0 atom stereocenters. The molecule has 0 aliphatic heterocycles. The van der Waals surface area contributed by atoms with Crippen LogP contribution in [0.5, 0.6) is 0 Å². The van der Waals surface area contributed by atoms with Crippen molar-refractivity contribution in [1.82, 2.24) is 9.71 Å². The molecule has 1 aromatic rings. The van der Waals surface area contributed by atoms with Crippen molar-refractivity contribution in [2.45, 2.75) is 6.92 Å². The highest BCUT2D eigenvalue weighted by atomic mass is 35.5. The van der Waals surface area contributed by atoms with Crippen LogP contribution < -0.4 is 21.3 Å². The molecule has 0 aliphatic rings. The number of nitrogens with zero attached hydrogens (tertiary/aromatic N) is 1. The normalized spacial score (nSPS) is 11.4. The van der Waals surface area contributed by atoms with E-state index in [4.69, 9.17) is 29.0 Å². The minimum atomic E-state index is -3.29. The zero-order chi connectivity index (χ0) is 14.5. The van der Waals surface area contributed by atoms with Gasteiger partial charge in [-0.1, -0.05) is 30.1 Å². The molecule has 0 aromatic carbocycles. The van der Waals surface area contributed by atoms with Crippen molar-refractivity contribution in [3.05, 3.63) is 16.1 Å². The first-order valence-corrected chi connectivity index (χ1v) is 7.84. The van der Waals surface area contributed by atoms with Crippen LogP contribution in [0.15, 0.2) is 6.07 Å². The SMILES string of the molecule is CCNS(=O)(=O)CCNc1nc(NN)c(Cl)cc1Cl. The first kappa shape index (κ1) is 16.3. The average Bonchev–Trinajstić information content (AvgIpc) is 2.31. The molecule has 0 bridgehead atoms. The molecule has 10 heteroatoms. The number of sulfonamides is 1. The van der Waals surface area contributed by atoms with Crippen LogP contribution in [0.3, 0.4) is 0 Å². The molecule has 1 aromatic heterocycles. The number of hydrogen-bond acceptors (Lipinski definition) is 6. The Labute approximate surface area is 121 Å². The first-order valence-electron chi connectivity index (χ1n) is 5.43. The molecule has 0 aliphatic carbocycles. The van der Waals surface area contributed by atoms with E-state index in [0.717, 1.165) is 0 Å². The molecule has 0 amide bonds. The van der Waals surface area contributed by atoms with Gasteiger partial charge in [0, 0.05) is 13.1 Å². The van der Waals surface area contributed by atoms with E-state index in [-0.39, 0.29) is 28.2 Å². The maximum absolute atomic E-state index is 11.4. The van der Waals surface area contributed by atoms with Crippen LogP contribution in [0.2, 0.25) is 10.0 Å². The summed E-state index contributed by atoms with van der Waals surface area (Å²) in [6, 6.07) is 1.46. The number of hydrazine groups is 1. The second kappa shape index (κ2) is 7.11. The van der Waals surface area contributed by atoms with Gasteiger partial charge in [0.25, 0.3) is 0 Å². The summed E-state index contributed by atoms with van der Waals surface area (Å²) in [4.78, 5) is 4.03. The van der Waals surface area contributed by atoms with Gasteiger partial charge in [-0.2, -0.15) is 0 Å². The molecular formula is C9H15Cl2N5O2S. The average molecular weight is 328 g/mol. The molecule has 1 heterocycles. The van der Waals surface area contributed by atoms with Gasteiger partial charge in [0.2, 0.25) is 10.0 Å². The summed E-state index contributed by atoms with van der Waals surface area (Å²) < 4.78 is 25.2. The third-order valence-electron chi connectivity index (χ3n) is 2.09. The fourth-order valence-corrected chi connectivity index (χ4v) is 2.72. The van der Waals surface area contributed by atoms with E-state index < -0.39 is 10.0 Å². The van der Waals surface area contributed by atoms with E-state index in [2.05, 4.69) is 20.4 Å². The molecule has 7 nitrogen and oxygen atoms in total. The number of nitrogen functional groups attached to an aromatic ring is 1. The quantitative estimate of drug-likeness (QED) is 0.440. The van der Waals surface area contributed by atoms with Crippen molar-refractivity contribution in [3.8, 4) is 0 Å². The lowest BCUT2D eigenvalue weighted by Crippen LogP contribution is -2.29. The van der Waals surface area contributed by atoms with Gasteiger partial charge < -0.3 is 10.7 Å². The van der Waals surface area contributed by atoms with Crippen LogP contribution in [-0.4, -0.2) is 32.2 Å². The number of pyridine rings is 1. The number of anilines is 2. The van der Waals surface area contributed by atoms with Crippen molar-refractivity contribution in [2.75, 3.05) is 29.6 Å². The zero-order valence-electron chi connectivity index (χ0n) is 10.2. The first-order chi connectivity index (χ1) is 8.89. The monoisotopic (exact) mass is 327 g/mol. The molecule has 108 valence electrons. The second-order valence-electron chi connectivity index (χ2n) is 3.54. The van der Waals surface area contributed by atoms with E-state index in [1.54, 1.807) is 6.92 Å². The maximum atomic E-state index is 11.4. The van der Waals surface area contributed by atoms with Crippen molar-refractivity contribution in [2.24, 2.45) is 5.84 Å². The van der Waals surface area contributed by atoms with E-state index in [0.29, 0.717) is 12.4 Å².